The minimum absolute atomic E-state index is 0.182. The predicted molar refractivity (Wildman–Crippen MR) is 106 cm³/mol. The quantitative estimate of drug-likeness (QED) is 0.598. The molecule has 0 aliphatic carbocycles. The molecule has 0 radical (unpaired) electrons. The molecule has 2 heterocycles. The standard InChI is InChI=1S/C20H24N2O5S/c1-12-11-28-18-15(21-14(23)10-26-13-8-6-5-7-9-13)17(24)22(18)16(12)19(25)27-20(2,3)4/h5-9,15,18H,10-11H2,1-4H3,(H,21,23)/t15-,18+/m0/s1. The van der Waals surface area contributed by atoms with E-state index < -0.39 is 17.6 Å². The van der Waals surface area contributed by atoms with Gasteiger partial charge in [0.05, 0.1) is 0 Å². The number of ether oxygens (including phenoxy) is 2. The van der Waals surface area contributed by atoms with Crippen molar-refractivity contribution in [1.82, 2.24) is 10.2 Å². The van der Waals surface area contributed by atoms with Gasteiger partial charge < -0.3 is 14.8 Å². The third kappa shape index (κ3) is 4.32. The topological polar surface area (TPSA) is 84.9 Å². The highest BCUT2D eigenvalue weighted by atomic mass is 32.2. The Kier molecular flexibility index (Phi) is 5.69. The molecule has 28 heavy (non-hydrogen) atoms. The van der Waals surface area contributed by atoms with Crippen molar-refractivity contribution in [2.75, 3.05) is 12.4 Å². The van der Waals surface area contributed by atoms with Gasteiger partial charge in [-0.3, -0.25) is 14.5 Å². The molecular weight excluding hydrogens is 380 g/mol. The van der Waals surface area contributed by atoms with Gasteiger partial charge in [-0.2, -0.15) is 0 Å². The van der Waals surface area contributed by atoms with Crippen molar-refractivity contribution in [2.24, 2.45) is 0 Å². The fourth-order valence-electron chi connectivity index (χ4n) is 2.97. The van der Waals surface area contributed by atoms with Gasteiger partial charge >= 0.3 is 5.97 Å². The number of rotatable bonds is 5. The first-order valence-electron chi connectivity index (χ1n) is 9.02. The van der Waals surface area contributed by atoms with Gasteiger partial charge in [0.25, 0.3) is 11.8 Å². The van der Waals surface area contributed by atoms with E-state index in [9.17, 15) is 14.4 Å². The summed E-state index contributed by atoms with van der Waals surface area (Å²) in [5.74, 6) is -0.0357. The molecule has 0 bridgehead atoms. The molecule has 2 aliphatic rings. The molecule has 1 saturated heterocycles. The molecule has 2 aliphatic heterocycles. The number of hydrogen-bond donors (Lipinski definition) is 1. The van der Waals surface area contributed by atoms with Crippen LogP contribution in [-0.2, 0) is 19.1 Å². The highest BCUT2D eigenvalue weighted by Gasteiger charge is 2.54. The maximum Gasteiger partial charge on any atom is 0.355 e. The van der Waals surface area contributed by atoms with E-state index >= 15 is 0 Å². The number of benzene rings is 1. The lowest BCUT2D eigenvalue weighted by Crippen LogP contribution is -2.71. The van der Waals surface area contributed by atoms with Crippen LogP contribution in [0.15, 0.2) is 41.6 Å². The summed E-state index contributed by atoms with van der Waals surface area (Å²) in [6.07, 6.45) is 0. The molecule has 7 nitrogen and oxygen atoms in total. The molecule has 1 fully saturated rings. The second-order valence-electron chi connectivity index (χ2n) is 7.69. The molecular formula is C20H24N2O5S. The molecule has 0 spiro atoms. The van der Waals surface area contributed by atoms with Gasteiger partial charge in [-0.25, -0.2) is 4.79 Å². The summed E-state index contributed by atoms with van der Waals surface area (Å²) in [6.45, 7) is 6.98. The van der Waals surface area contributed by atoms with Gasteiger partial charge in [-0.1, -0.05) is 18.2 Å². The lowest BCUT2D eigenvalue weighted by Gasteiger charge is -2.49. The third-order valence-corrected chi connectivity index (χ3v) is 5.60. The van der Waals surface area contributed by atoms with Gasteiger partial charge in [0.2, 0.25) is 0 Å². The van der Waals surface area contributed by atoms with Crippen molar-refractivity contribution in [1.29, 1.82) is 0 Å². The summed E-state index contributed by atoms with van der Waals surface area (Å²) in [4.78, 5) is 38.8. The molecule has 2 atom stereocenters. The largest absolute Gasteiger partial charge is 0.484 e. The van der Waals surface area contributed by atoms with Crippen LogP contribution in [0.25, 0.3) is 0 Å². The van der Waals surface area contributed by atoms with Gasteiger partial charge in [0.15, 0.2) is 6.61 Å². The number of β-lactam (4-membered cyclic amide) rings is 1. The number of hydrogen-bond acceptors (Lipinski definition) is 6. The van der Waals surface area contributed by atoms with Crippen molar-refractivity contribution >= 4 is 29.5 Å². The second kappa shape index (κ2) is 7.87. The van der Waals surface area contributed by atoms with Crippen LogP contribution < -0.4 is 10.1 Å². The fraction of sp³-hybridized carbons (Fsp3) is 0.450. The minimum Gasteiger partial charge on any atom is -0.484 e. The smallest absolute Gasteiger partial charge is 0.355 e. The molecule has 150 valence electrons. The van der Waals surface area contributed by atoms with Crippen LogP contribution in [0.4, 0.5) is 0 Å². The summed E-state index contributed by atoms with van der Waals surface area (Å²) >= 11 is 1.51. The number of carbonyl (C=O) groups excluding carboxylic acids is 3. The van der Waals surface area contributed by atoms with Crippen molar-refractivity contribution in [3.8, 4) is 5.75 Å². The van der Waals surface area contributed by atoms with E-state index in [1.807, 2.05) is 25.1 Å². The molecule has 1 aromatic rings. The van der Waals surface area contributed by atoms with Crippen molar-refractivity contribution in [3.05, 3.63) is 41.6 Å². The van der Waals surface area contributed by atoms with Crippen LogP contribution in [-0.4, -0.2) is 52.1 Å². The monoisotopic (exact) mass is 404 g/mol. The van der Waals surface area contributed by atoms with Gasteiger partial charge in [0.1, 0.15) is 28.5 Å². The van der Waals surface area contributed by atoms with Crippen LogP contribution in [0.3, 0.4) is 0 Å². The first-order chi connectivity index (χ1) is 13.2. The maximum absolute atomic E-state index is 12.6. The van der Waals surface area contributed by atoms with E-state index in [1.165, 1.54) is 16.7 Å². The van der Waals surface area contributed by atoms with Crippen LogP contribution in [0.2, 0.25) is 0 Å². The number of esters is 1. The summed E-state index contributed by atoms with van der Waals surface area (Å²) < 4.78 is 10.9. The lowest BCUT2D eigenvalue weighted by atomic mass is 10.0. The van der Waals surface area contributed by atoms with E-state index in [4.69, 9.17) is 9.47 Å². The summed E-state index contributed by atoms with van der Waals surface area (Å²) in [5, 5.41) is 2.39. The molecule has 3 rings (SSSR count). The summed E-state index contributed by atoms with van der Waals surface area (Å²) in [5.41, 5.74) is 0.427. The lowest BCUT2D eigenvalue weighted by molar-refractivity contribution is -0.159. The zero-order valence-electron chi connectivity index (χ0n) is 16.4. The Balaban J connectivity index is 1.61. The summed E-state index contributed by atoms with van der Waals surface area (Å²) in [7, 11) is 0. The molecule has 1 aromatic carbocycles. The number of nitrogens with zero attached hydrogens (tertiary/aromatic N) is 1. The van der Waals surface area contributed by atoms with Crippen LogP contribution in [0, 0.1) is 0 Å². The van der Waals surface area contributed by atoms with Crippen LogP contribution in [0.1, 0.15) is 27.7 Å². The number of amides is 2. The zero-order chi connectivity index (χ0) is 20.5. The molecule has 0 aromatic heterocycles. The Hall–Kier alpha value is -2.48. The Bertz CT molecular complexity index is 816. The van der Waals surface area contributed by atoms with E-state index in [0.717, 1.165) is 5.57 Å². The maximum atomic E-state index is 12.6. The van der Waals surface area contributed by atoms with E-state index in [0.29, 0.717) is 11.5 Å². The summed E-state index contributed by atoms with van der Waals surface area (Å²) in [6, 6.07) is 8.30. The van der Waals surface area contributed by atoms with Gasteiger partial charge in [0, 0.05) is 5.75 Å². The van der Waals surface area contributed by atoms with Crippen molar-refractivity contribution in [2.45, 2.75) is 44.7 Å². The Morgan fingerprint density at radius 3 is 2.57 bits per heavy atom. The first kappa shape index (κ1) is 20.3. The molecule has 0 saturated carbocycles. The average molecular weight is 404 g/mol. The SMILES string of the molecule is CC1=C(C(=O)OC(C)(C)C)N2C(=O)[C@H](NC(=O)COc3ccccc3)[C@H]2SC1. The predicted octanol–water partition coefficient (Wildman–Crippen LogP) is 2.08. The Morgan fingerprint density at radius 2 is 1.93 bits per heavy atom. The first-order valence-corrected chi connectivity index (χ1v) is 10.1. The zero-order valence-corrected chi connectivity index (χ0v) is 17.2. The highest BCUT2D eigenvalue weighted by molar-refractivity contribution is 8.00. The van der Waals surface area contributed by atoms with Crippen LogP contribution in [0.5, 0.6) is 5.75 Å². The van der Waals surface area contributed by atoms with E-state index in [-0.39, 0.29) is 29.5 Å². The normalized spacial score (nSPS) is 21.6. The number of thioether (sulfide) groups is 1. The van der Waals surface area contributed by atoms with Crippen molar-refractivity contribution in [3.63, 3.8) is 0 Å². The molecule has 0 unspecified atom stereocenters. The Labute approximate surface area is 168 Å². The van der Waals surface area contributed by atoms with E-state index in [1.54, 1.807) is 32.9 Å². The molecule has 2 amide bonds. The number of nitrogens with one attached hydrogen (secondary N) is 1. The van der Waals surface area contributed by atoms with Gasteiger partial charge in [-0.05, 0) is 45.4 Å². The highest BCUT2D eigenvalue weighted by Crippen LogP contribution is 2.40. The third-order valence-electron chi connectivity index (χ3n) is 4.18. The second-order valence-corrected chi connectivity index (χ2v) is 8.79. The fourth-order valence-corrected chi connectivity index (χ4v) is 4.26. The number of fused-ring (bicyclic) bond motifs is 1. The van der Waals surface area contributed by atoms with Crippen LogP contribution >= 0.6 is 11.8 Å². The minimum atomic E-state index is -0.678. The molecule has 8 heteroatoms. The van der Waals surface area contributed by atoms with E-state index in [2.05, 4.69) is 5.32 Å². The molecule has 1 N–H and O–H groups in total. The Morgan fingerprint density at radius 1 is 1.25 bits per heavy atom. The van der Waals surface area contributed by atoms with Crippen molar-refractivity contribution < 1.29 is 23.9 Å². The number of para-hydroxylation sites is 1. The van der Waals surface area contributed by atoms with Gasteiger partial charge in [-0.15, -0.1) is 11.8 Å². The number of carbonyl (C=O) groups is 3. The average Bonchev–Trinajstić information content (AvgIpc) is 2.63.